The Bertz CT molecular complexity index is 601. The fourth-order valence-electron chi connectivity index (χ4n) is 4.08. The largest absolute Gasteiger partial charge is 0.480 e. The van der Waals surface area contributed by atoms with Gasteiger partial charge in [-0.15, -0.1) is 0 Å². The smallest absolute Gasteiger partial charge is 0.327 e. The first-order chi connectivity index (χ1) is 10.6. The SMILES string of the molecule is COC(=O)C1(C(=O)O)CCc2cc(C3CCCCC3)ccc21. The van der Waals surface area contributed by atoms with Crippen LogP contribution in [0.4, 0.5) is 0 Å². The topological polar surface area (TPSA) is 63.6 Å². The van der Waals surface area contributed by atoms with Crippen LogP contribution in [-0.2, 0) is 26.2 Å². The van der Waals surface area contributed by atoms with Crippen LogP contribution >= 0.6 is 0 Å². The summed E-state index contributed by atoms with van der Waals surface area (Å²) in [5.74, 6) is -1.19. The van der Waals surface area contributed by atoms with Gasteiger partial charge >= 0.3 is 11.9 Å². The molecule has 4 nitrogen and oxygen atoms in total. The van der Waals surface area contributed by atoms with Crippen molar-refractivity contribution >= 4 is 11.9 Å². The maximum absolute atomic E-state index is 12.1. The second kappa shape index (κ2) is 5.75. The van der Waals surface area contributed by atoms with Crippen molar-refractivity contribution in [3.05, 3.63) is 34.9 Å². The van der Waals surface area contributed by atoms with Crippen molar-refractivity contribution in [2.24, 2.45) is 0 Å². The number of esters is 1. The molecular formula is C18H22O4. The standard InChI is InChI=1S/C18H22O4/c1-22-17(21)18(16(19)20)10-9-14-11-13(7-8-15(14)18)12-5-3-2-4-6-12/h7-8,11-12H,2-6,9-10H2,1H3,(H,19,20). The predicted molar refractivity (Wildman–Crippen MR) is 81.9 cm³/mol. The van der Waals surface area contributed by atoms with E-state index in [9.17, 15) is 14.7 Å². The van der Waals surface area contributed by atoms with E-state index in [1.54, 1.807) is 0 Å². The third kappa shape index (κ3) is 2.21. The fourth-order valence-corrected chi connectivity index (χ4v) is 4.08. The lowest BCUT2D eigenvalue weighted by atomic mass is 9.79. The van der Waals surface area contributed by atoms with Gasteiger partial charge in [-0.05, 0) is 48.3 Å². The third-order valence-corrected chi connectivity index (χ3v) is 5.33. The summed E-state index contributed by atoms with van der Waals surface area (Å²) < 4.78 is 4.78. The summed E-state index contributed by atoms with van der Waals surface area (Å²) in [5.41, 5.74) is 1.39. The molecule has 0 aromatic heterocycles. The molecule has 1 aromatic carbocycles. The third-order valence-electron chi connectivity index (χ3n) is 5.33. The normalized spacial score (nSPS) is 24.8. The lowest BCUT2D eigenvalue weighted by molar-refractivity contribution is -0.159. The number of carboxylic acid groups (broad SMARTS) is 1. The summed E-state index contributed by atoms with van der Waals surface area (Å²) in [6.45, 7) is 0. The second-order valence-electron chi connectivity index (χ2n) is 6.45. The fraction of sp³-hybridized carbons (Fsp3) is 0.556. The van der Waals surface area contributed by atoms with E-state index in [1.807, 2.05) is 12.1 Å². The van der Waals surface area contributed by atoms with Gasteiger partial charge in [0.15, 0.2) is 5.41 Å². The lowest BCUT2D eigenvalue weighted by Gasteiger charge is -2.24. The summed E-state index contributed by atoms with van der Waals surface area (Å²) >= 11 is 0. The second-order valence-corrected chi connectivity index (χ2v) is 6.45. The monoisotopic (exact) mass is 302 g/mol. The van der Waals surface area contributed by atoms with E-state index in [0.717, 1.165) is 5.56 Å². The summed E-state index contributed by atoms with van der Waals surface area (Å²) in [4.78, 5) is 23.9. The Hall–Kier alpha value is -1.84. The first-order valence-corrected chi connectivity index (χ1v) is 8.04. The predicted octanol–water partition coefficient (Wildman–Crippen LogP) is 3.18. The maximum atomic E-state index is 12.1. The number of benzene rings is 1. The van der Waals surface area contributed by atoms with Crippen molar-refractivity contribution in [2.75, 3.05) is 7.11 Å². The average Bonchev–Trinajstić information content (AvgIpc) is 2.94. The number of fused-ring (bicyclic) bond motifs is 1. The molecule has 3 rings (SSSR count). The molecule has 1 N–H and O–H groups in total. The van der Waals surface area contributed by atoms with E-state index < -0.39 is 17.4 Å². The van der Waals surface area contributed by atoms with Crippen LogP contribution in [0.1, 0.15) is 61.1 Å². The van der Waals surface area contributed by atoms with E-state index in [0.29, 0.717) is 24.3 Å². The summed E-state index contributed by atoms with van der Waals surface area (Å²) in [6, 6.07) is 5.98. The highest BCUT2D eigenvalue weighted by Gasteiger charge is 2.53. The van der Waals surface area contributed by atoms with Crippen molar-refractivity contribution in [3.8, 4) is 0 Å². The molecule has 1 atom stereocenters. The quantitative estimate of drug-likeness (QED) is 0.688. The minimum atomic E-state index is -1.52. The highest BCUT2D eigenvalue weighted by molar-refractivity contribution is 6.06. The van der Waals surface area contributed by atoms with E-state index in [4.69, 9.17) is 4.74 Å². The van der Waals surface area contributed by atoms with Gasteiger partial charge in [0.25, 0.3) is 0 Å². The molecule has 0 spiro atoms. The molecule has 118 valence electrons. The molecule has 2 aliphatic rings. The first kappa shape index (κ1) is 15.1. The van der Waals surface area contributed by atoms with E-state index in [2.05, 4.69) is 6.07 Å². The molecule has 0 aliphatic heterocycles. The zero-order valence-corrected chi connectivity index (χ0v) is 12.9. The molecular weight excluding hydrogens is 280 g/mol. The van der Waals surface area contributed by atoms with E-state index in [1.165, 1.54) is 44.8 Å². The van der Waals surface area contributed by atoms with Crippen molar-refractivity contribution < 1.29 is 19.4 Å². The number of hydrogen-bond acceptors (Lipinski definition) is 3. The van der Waals surface area contributed by atoms with Crippen LogP contribution in [0.15, 0.2) is 18.2 Å². The van der Waals surface area contributed by atoms with Gasteiger partial charge in [-0.3, -0.25) is 9.59 Å². The number of carbonyl (C=O) groups excluding carboxylic acids is 1. The summed E-state index contributed by atoms with van der Waals surface area (Å²) in [7, 11) is 1.25. The molecule has 1 unspecified atom stereocenters. The number of methoxy groups -OCH3 is 1. The molecule has 0 bridgehead atoms. The highest BCUT2D eigenvalue weighted by atomic mass is 16.5. The molecule has 0 radical (unpaired) electrons. The van der Waals surface area contributed by atoms with Gasteiger partial charge < -0.3 is 9.84 Å². The molecule has 1 fully saturated rings. The van der Waals surface area contributed by atoms with Gasteiger partial charge in [-0.25, -0.2) is 0 Å². The number of aryl methyl sites for hydroxylation is 1. The van der Waals surface area contributed by atoms with Crippen LogP contribution < -0.4 is 0 Å². The van der Waals surface area contributed by atoms with Crippen molar-refractivity contribution in [1.29, 1.82) is 0 Å². The highest BCUT2D eigenvalue weighted by Crippen LogP contribution is 2.42. The lowest BCUT2D eigenvalue weighted by Crippen LogP contribution is -2.42. The van der Waals surface area contributed by atoms with Gasteiger partial charge in [0.1, 0.15) is 0 Å². The van der Waals surface area contributed by atoms with Crippen LogP contribution in [0.25, 0.3) is 0 Å². The number of aliphatic carboxylic acids is 1. The van der Waals surface area contributed by atoms with Crippen LogP contribution in [0.3, 0.4) is 0 Å². The minimum absolute atomic E-state index is 0.290. The van der Waals surface area contributed by atoms with E-state index >= 15 is 0 Å². The van der Waals surface area contributed by atoms with Crippen LogP contribution in [-0.4, -0.2) is 24.2 Å². The number of rotatable bonds is 3. The molecule has 0 heterocycles. The van der Waals surface area contributed by atoms with Gasteiger partial charge in [0.05, 0.1) is 7.11 Å². The molecule has 0 amide bonds. The summed E-state index contributed by atoms with van der Waals surface area (Å²) in [5, 5.41) is 9.63. The number of carboxylic acids is 1. The zero-order chi connectivity index (χ0) is 15.7. The van der Waals surface area contributed by atoms with Crippen molar-refractivity contribution in [3.63, 3.8) is 0 Å². The van der Waals surface area contributed by atoms with E-state index in [-0.39, 0.29) is 0 Å². The minimum Gasteiger partial charge on any atom is -0.480 e. The van der Waals surface area contributed by atoms with Crippen LogP contribution in [0.5, 0.6) is 0 Å². The molecule has 0 saturated heterocycles. The maximum Gasteiger partial charge on any atom is 0.327 e. The Morgan fingerprint density at radius 1 is 1.23 bits per heavy atom. The van der Waals surface area contributed by atoms with Crippen molar-refractivity contribution in [2.45, 2.75) is 56.3 Å². The van der Waals surface area contributed by atoms with Gasteiger partial charge in [-0.2, -0.15) is 0 Å². The molecule has 1 saturated carbocycles. The van der Waals surface area contributed by atoms with Gasteiger partial charge in [-0.1, -0.05) is 37.5 Å². The molecule has 4 heteroatoms. The number of ether oxygens (including phenoxy) is 1. The Morgan fingerprint density at radius 2 is 1.95 bits per heavy atom. The number of carbonyl (C=O) groups is 2. The first-order valence-electron chi connectivity index (χ1n) is 8.04. The molecule has 22 heavy (non-hydrogen) atoms. The van der Waals surface area contributed by atoms with Crippen molar-refractivity contribution in [1.82, 2.24) is 0 Å². The molecule has 2 aliphatic carbocycles. The van der Waals surface area contributed by atoms with Gasteiger partial charge in [0.2, 0.25) is 0 Å². The summed E-state index contributed by atoms with van der Waals surface area (Å²) in [6.07, 6.45) is 7.17. The Labute approximate surface area is 130 Å². The molecule has 1 aromatic rings. The van der Waals surface area contributed by atoms with Crippen LogP contribution in [0, 0.1) is 0 Å². The number of hydrogen-bond donors (Lipinski definition) is 1. The average molecular weight is 302 g/mol. The van der Waals surface area contributed by atoms with Gasteiger partial charge in [0, 0.05) is 0 Å². The Morgan fingerprint density at radius 3 is 2.59 bits per heavy atom. The zero-order valence-electron chi connectivity index (χ0n) is 12.9. The Balaban J connectivity index is 1.98. The Kier molecular flexibility index (Phi) is 3.94. The van der Waals surface area contributed by atoms with Crippen LogP contribution in [0.2, 0.25) is 0 Å².